The van der Waals surface area contributed by atoms with E-state index in [0.29, 0.717) is 0 Å². The molecule has 3 rings (SSSR count). The van der Waals surface area contributed by atoms with Gasteiger partial charge < -0.3 is 0 Å². The Kier molecular flexibility index (Phi) is 2.10. The zero-order chi connectivity index (χ0) is 8.77. The molecular formula is C11H22Si. The Morgan fingerprint density at radius 2 is 1.50 bits per heavy atom. The molecule has 0 saturated heterocycles. The summed E-state index contributed by atoms with van der Waals surface area (Å²) in [7, 11) is -0.810. The molecular weight excluding hydrogens is 160 g/mol. The summed E-state index contributed by atoms with van der Waals surface area (Å²) in [6, 6.07) is 0. The monoisotopic (exact) mass is 182 g/mol. The predicted molar refractivity (Wildman–Crippen MR) is 57.2 cm³/mol. The Morgan fingerprint density at radius 3 is 1.75 bits per heavy atom. The Labute approximate surface area is 77.8 Å². The summed E-state index contributed by atoms with van der Waals surface area (Å²) in [6.07, 6.45) is 7.86. The fraction of sp³-hybridized carbons (Fsp3) is 1.00. The van der Waals surface area contributed by atoms with Crippen LogP contribution in [-0.2, 0) is 0 Å². The maximum atomic E-state index is 2.57. The van der Waals surface area contributed by atoms with Gasteiger partial charge in [-0.15, -0.1) is 0 Å². The van der Waals surface area contributed by atoms with Gasteiger partial charge in [-0.05, 0) is 23.8 Å². The van der Waals surface area contributed by atoms with E-state index in [9.17, 15) is 0 Å². The first-order valence-electron chi connectivity index (χ1n) is 5.57. The second-order valence-electron chi connectivity index (χ2n) is 5.99. The van der Waals surface area contributed by atoms with Crippen LogP contribution in [-0.4, -0.2) is 8.07 Å². The second kappa shape index (κ2) is 2.86. The third kappa shape index (κ3) is 1.48. The Hall–Kier alpha value is 0.217. The Bertz CT molecular complexity index is 160. The normalized spacial score (nSPS) is 41.8. The van der Waals surface area contributed by atoms with Crippen molar-refractivity contribution < 1.29 is 0 Å². The van der Waals surface area contributed by atoms with E-state index >= 15 is 0 Å². The van der Waals surface area contributed by atoms with Crippen LogP contribution >= 0.6 is 0 Å². The molecule has 1 unspecified atom stereocenters. The van der Waals surface area contributed by atoms with Gasteiger partial charge in [-0.3, -0.25) is 0 Å². The van der Waals surface area contributed by atoms with Crippen LogP contribution in [0.4, 0.5) is 0 Å². The molecule has 3 saturated carbocycles. The summed E-state index contributed by atoms with van der Waals surface area (Å²) in [5.41, 5.74) is 1.17. The van der Waals surface area contributed by atoms with E-state index in [0.717, 1.165) is 11.8 Å². The van der Waals surface area contributed by atoms with Crippen LogP contribution < -0.4 is 0 Å². The third-order valence-electron chi connectivity index (χ3n) is 4.16. The highest BCUT2D eigenvalue weighted by molar-refractivity contribution is 6.77. The highest BCUT2D eigenvalue weighted by Gasteiger charge is 2.41. The summed E-state index contributed by atoms with van der Waals surface area (Å²) in [4.78, 5) is 0. The summed E-state index contributed by atoms with van der Waals surface area (Å²) in [5, 5.41) is 0. The van der Waals surface area contributed by atoms with Crippen LogP contribution in [0, 0.1) is 11.8 Å². The lowest BCUT2D eigenvalue weighted by atomic mass is 9.70. The zero-order valence-corrected chi connectivity index (χ0v) is 9.77. The second-order valence-corrected chi connectivity index (χ2v) is 11.5. The number of fused-ring (bicyclic) bond motifs is 3. The minimum Gasteiger partial charge on any atom is -0.0693 e. The van der Waals surface area contributed by atoms with Crippen LogP contribution in [0.25, 0.3) is 0 Å². The zero-order valence-electron chi connectivity index (χ0n) is 8.77. The molecule has 3 fully saturated rings. The molecule has 0 nitrogen and oxygen atoms in total. The molecule has 3 aliphatic carbocycles. The van der Waals surface area contributed by atoms with Crippen LogP contribution in [0.1, 0.15) is 32.1 Å². The first kappa shape index (κ1) is 8.80. The van der Waals surface area contributed by atoms with Gasteiger partial charge in [0.2, 0.25) is 0 Å². The van der Waals surface area contributed by atoms with Crippen molar-refractivity contribution >= 4 is 8.07 Å². The van der Waals surface area contributed by atoms with Crippen molar-refractivity contribution in [3.8, 4) is 0 Å². The lowest BCUT2D eigenvalue weighted by molar-refractivity contribution is 0.172. The van der Waals surface area contributed by atoms with Gasteiger partial charge in [0, 0.05) is 8.07 Å². The van der Waals surface area contributed by atoms with Gasteiger partial charge >= 0.3 is 0 Å². The minimum absolute atomic E-state index is 0.810. The molecule has 70 valence electrons. The third-order valence-corrected chi connectivity index (χ3v) is 7.09. The van der Waals surface area contributed by atoms with Gasteiger partial charge in [0.25, 0.3) is 0 Å². The van der Waals surface area contributed by atoms with E-state index in [1.54, 1.807) is 32.1 Å². The summed E-state index contributed by atoms with van der Waals surface area (Å²) >= 11 is 0. The number of hydrogen-bond donors (Lipinski definition) is 0. The molecule has 0 aromatic carbocycles. The van der Waals surface area contributed by atoms with Gasteiger partial charge in [0.05, 0.1) is 0 Å². The van der Waals surface area contributed by atoms with Crippen molar-refractivity contribution in [3.05, 3.63) is 0 Å². The quantitative estimate of drug-likeness (QED) is 0.539. The molecule has 0 radical (unpaired) electrons. The van der Waals surface area contributed by atoms with E-state index in [-0.39, 0.29) is 0 Å². The van der Waals surface area contributed by atoms with Crippen molar-refractivity contribution in [3.63, 3.8) is 0 Å². The predicted octanol–water partition coefficient (Wildman–Crippen LogP) is 3.90. The molecule has 0 N–H and O–H groups in total. The molecule has 0 heterocycles. The maximum Gasteiger partial charge on any atom is 0.0476 e. The van der Waals surface area contributed by atoms with Gasteiger partial charge in [-0.2, -0.15) is 0 Å². The van der Waals surface area contributed by atoms with Crippen LogP contribution in [0.3, 0.4) is 0 Å². The van der Waals surface area contributed by atoms with Crippen molar-refractivity contribution in [1.29, 1.82) is 0 Å². The van der Waals surface area contributed by atoms with E-state index in [1.807, 2.05) is 0 Å². The van der Waals surface area contributed by atoms with E-state index < -0.39 is 8.07 Å². The molecule has 0 spiro atoms. The highest BCUT2D eigenvalue weighted by Crippen LogP contribution is 2.51. The molecule has 0 aromatic rings. The molecule has 0 amide bonds. The number of rotatable bonds is 1. The largest absolute Gasteiger partial charge is 0.0693 e. The van der Waals surface area contributed by atoms with Crippen molar-refractivity contribution in [1.82, 2.24) is 0 Å². The van der Waals surface area contributed by atoms with Gasteiger partial charge in [-0.1, -0.05) is 45.3 Å². The number of hydrogen-bond acceptors (Lipinski definition) is 0. The lowest BCUT2D eigenvalue weighted by Crippen LogP contribution is -2.40. The molecule has 1 atom stereocenters. The average Bonchev–Trinajstić information content (AvgIpc) is 2.05. The smallest absolute Gasteiger partial charge is 0.0476 e. The average molecular weight is 182 g/mol. The minimum atomic E-state index is -0.810. The van der Waals surface area contributed by atoms with Gasteiger partial charge in [-0.25, -0.2) is 0 Å². The topological polar surface area (TPSA) is 0 Å². The SMILES string of the molecule is C[Si](C)(C)C1CC2CCC1CC2. The highest BCUT2D eigenvalue weighted by atomic mass is 28.3. The van der Waals surface area contributed by atoms with Crippen LogP contribution in [0.2, 0.25) is 25.2 Å². The molecule has 0 aliphatic heterocycles. The molecule has 12 heavy (non-hydrogen) atoms. The lowest BCUT2D eigenvalue weighted by Gasteiger charge is -2.47. The fourth-order valence-corrected chi connectivity index (χ4v) is 6.23. The Balaban J connectivity index is 2.09. The Morgan fingerprint density at radius 1 is 0.917 bits per heavy atom. The van der Waals surface area contributed by atoms with Crippen molar-refractivity contribution in [2.24, 2.45) is 11.8 Å². The standard InChI is InChI=1S/C11H22Si/c1-12(2,3)11-8-9-4-6-10(11)7-5-9/h9-11H,4-8H2,1-3H3. The molecule has 0 aromatic heterocycles. The summed E-state index contributed by atoms with van der Waals surface area (Å²) < 4.78 is 0. The maximum absolute atomic E-state index is 2.57. The van der Waals surface area contributed by atoms with Crippen LogP contribution in [0.5, 0.6) is 0 Å². The van der Waals surface area contributed by atoms with Crippen molar-refractivity contribution in [2.75, 3.05) is 0 Å². The first-order valence-corrected chi connectivity index (χ1v) is 9.15. The molecule has 2 bridgehead atoms. The summed E-state index contributed by atoms with van der Waals surface area (Å²) in [6.45, 7) is 7.70. The first-order chi connectivity index (χ1) is 5.57. The van der Waals surface area contributed by atoms with E-state index in [2.05, 4.69) is 19.6 Å². The van der Waals surface area contributed by atoms with Gasteiger partial charge in [0.15, 0.2) is 0 Å². The van der Waals surface area contributed by atoms with Crippen LogP contribution in [0.15, 0.2) is 0 Å². The van der Waals surface area contributed by atoms with E-state index in [1.165, 1.54) is 5.54 Å². The van der Waals surface area contributed by atoms with E-state index in [4.69, 9.17) is 0 Å². The summed E-state index contributed by atoms with van der Waals surface area (Å²) in [5.74, 6) is 2.27. The fourth-order valence-electron chi connectivity index (χ4n) is 3.44. The molecule has 3 aliphatic rings. The van der Waals surface area contributed by atoms with Gasteiger partial charge in [0.1, 0.15) is 0 Å². The molecule has 1 heteroatoms. The van der Waals surface area contributed by atoms with Crippen molar-refractivity contribution in [2.45, 2.75) is 57.3 Å².